The van der Waals surface area contributed by atoms with Crippen molar-refractivity contribution in [3.8, 4) is 0 Å². The van der Waals surface area contributed by atoms with Gasteiger partial charge in [0.25, 0.3) is 0 Å². The molecular weight excluding hydrogens is 218 g/mol. The predicted molar refractivity (Wildman–Crippen MR) is 70.5 cm³/mol. The number of benzene rings is 2. The van der Waals surface area contributed by atoms with Crippen LogP contribution in [0.2, 0.25) is 0 Å². The number of hydrogen-bond acceptors (Lipinski definition) is 1. The Morgan fingerprint density at radius 2 is 1.56 bits per heavy atom. The molecule has 2 aromatic carbocycles. The highest BCUT2D eigenvalue weighted by Crippen LogP contribution is 2.35. The van der Waals surface area contributed by atoms with Crippen LogP contribution in [-0.4, -0.2) is 6.54 Å². The van der Waals surface area contributed by atoms with E-state index in [0.29, 0.717) is 5.92 Å². The van der Waals surface area contributed by atoms with Gasteiger partial charge >= 0.3 is 0 Å². The zero-order chi connectivity index (χ0) is 10.1. The minimum Gasteiger partial charge on any atom is -0.384 e. The molecule has 82 valence electrons. The van der Waals surface area contributed by atoms with Crippen molar-refractivity contribution < 1.29 is 0 Å². The highest BCUT2D eigenvalue weighted by atomic mass is 35.5. The fourth-order valence-corrected chi connectivity index (χ4v) is 2.27. The molecule has 0 saturated carbocycles. The van der Waals surface area contributed by atoms with Crippen molar-refractivity contribution in [3.63, 3.8) is 0 Å². The van der Waals surface area contributed by atoms with Crippen LogP contribution in [0.5, 0.6) is 0 Å². The second-order valence-corrected chi connectivity index (χ2v) is 3.93. The lowest BCUT2D eigenvalue weighted by Gasteiger charge is -2.09. The molecule has 1 aliphatic rings. The largest absolute Gasteiger partial charge is 0.384 e. The molecule has 0 amide bonds. The van der Waals surface area contributed by atoms with Gasteiger partial charge in [0.15, 0.2) is 0 Å². The quantitative estimate of drug-likeness (QED) is 0.790. The average molecular weight is 232 g/mol. The van der Waals surface area contributed by atoms with Gasteiger partial charge in [-0.2, -0.15) is 0 Å². The molecule has 0 bridgehead atoms. The van der Waals surface area contributed by atoms with Crippen molar-refractivity contribution in [1.82, 2.24) is 0 Å². The number of anilines is 1. The van der Waals surface area contributed by atoms with Crippen LogP contribution < -0.4 is 5.32 Å². The average Bonchev–Trinajstić information content (AvgIpc) is 2.74. The monoisotopic (exact) mass is 231 g/mol. The van der Waals surface area contributed by atoms with E-state index in [4.69, 9.17) is 0 Å². The van der Waals surface area contributed by atoms with Gasteiger partial charge in [-0.1, -0.05) is 48.5 Å². The molecule has 16 heavy (non-hydrogen) atoms. The number of fused-ring (bicyclic) bond motifs is 1. The highest BCUT2D eigenvalue weighted by Gasteiger charge is 2.22. The second kappa shape index (κ2) is 4.58. The van der Waals surface area contributed by atoms with E-state index in [0.717, 1.165) is 6.54 Å². The summed E-state index contributed by atoms with van der Waals surface area (Å²) in [5.41, 5.74) is 4.10. The Morgan fingerprint density at radius 1 is 0.875 bits per heavy atom. The van der Waals surface area contributed by atoms with Crippen LogP contribution >= 0.6 is 12.4 Å². The molecule has 1 atom stereocenters. The van der Waals surface area contributed by atoms with Gasteiger partial charge in [0.2, 0.25) is 0 Å². The molecule has 0 aliphatic carbocycles. The minimum atomic E-state index is 0. The minimum absolute atomic E-state index is 0. The molecule has 1 heterocycles. The summed E-state index contributed by atoms with van der Waals surface area (Å²) in [5.74, 6) is 0.516. The maximum atomic E-state index is 3.45. The normalized spacial score (nSPS) is 17.1. The van der Waals surface area contributed by atoms with Crippen molar-refractivity contribution in [2.45, 2.75) is 5.92 Å². The zero-order valence-corrected chi connectivity index (χ0v) is 9.71. The molecule has 0 aromatic heterocycles. The van der Waals surface area contributed by atoms with Gasteiger partial charge in [0.1, 0.15) is 0 Å². The van der Waals surface area contributed by atoms with Gasteiger partial charge in [-0.15, -0.1) is 12.4 Å². The smallest absolute Gasteiger partial charge is 0.0379 e. The molecule has 0 fully saturated rings. The Morgan fingerprint density at radius 3 is 2.38 bits per heavy atom. The summed E-state index contributed by atoms with van der Waals surface area (Å²) >= 11 is 0. The zero-order valence-electron chi connectivity index (χ0n) is 8.89. The molecule has 1 N–H and O–H groups in total. The Labute approximate surface area is 102 Å². The lowest BCUT2D eigenvalue weighted by Crippen LogP contribution is -2.03. The van der Waals surface area contributed by atoms with Gasteiger partial charge in [0, 0.05) is 18.2 Å². The van der Waals surface area contributed by atoms with E-state index < -0.39 is 0 Å². The summed E-state index contributed by atoms with van der Waals surface area (Å²) < 4.78 is 0. The maximum absolute atomic E-state index is 3.45. The van der Waals surface area contributed by atoms with Crippen LogP contribution in [0, 0.1) is 0 Å². The fourth-order valence-electron chi connectivity index (χ4n) is 2.27. The Kier molecular flexibility index (Phi) is 3.16. The number of rotatable bonds is 1. The third kappa shape index (κ3) is 1.79. The van der Waals surface area contributed by atoms with Crippen molar-refractivity contribution in [2.24, 2.45) is 0 Å². The second-order valence-electron chi connectivity index (χ2n) is 3.93. The van der Waals surface area contributed by atoms with E-state index in [9.17, 15) is 0 Å². The van der Waals surface area contributed by atoms with E-state index in [2.05, 4.69) is 59.9 Å². The first-order valence-corrected chi connectivity index (χ1v) is 5.33. The van der Waals surface area contributed by atoms with E-state index in [1.807, 2.05) is 0 Å². The maximum Gasteiger partial charge on any atom is 0.0379 e. The summed E-state index contributed by atoms with van der Waals surface area (Å²) in [6.45, 7) is 1.02. The molecule has 3 rings (SSSR count). The third-order valence-electron chi connectivity index (χ3n) is 3.03. The van der Waals surface area contributed by atoms with E-state index in [-0.39, 0.29) is 12.4 Å². The molecule has 0 saturated heterocycles. The van der Waals surface area contributed by atoms with Crippen LogP contribution in [-0.2, 0) is 0 Å². The molecule has 1 unspecified atom stereocenters. The summed E-state index contributed by atoms with van der Waals surface area (Å²) in [5, 5.41) is 3.45. The highest BCUT2D eigenvalue weighted by molar-refractivity contribution is 5.85. The first-order chi connectivity index (χ1) is 7.45. The van der Waals surface area contributed by atoms with E-state index in [1.165, 1.54) is 16.8 Å². The summed E-state index contributed by atoms with van der Waals surface area (Å²) in [4.78, 5) is 0. The Hall–Kier alpha value is -1.47. The van der Waals surface area contributed by atoms with Gasteiger partial charge < -0.3 is 5.32 Å². The van der Waals surface area contributed by atoms with Crippen LogP contribution in [0.4, 0.5) is 5.69 Å². The van der Waals surface area contributed by atoms with E-state index in [1.54, 1.807) is 0 Å². The third-order valence-corrected chi connectivity index (χ3v) is 3.03. The van der Waals surface area contributed by atoms with Crippen LogP contribution in [0.15, 0.2) is 54.6 Å². The predicted octanol–water partition coefficient (Wildman–Crippen LogP) is 3.67. The Balaban J connectivity index is 0.000000963. The van der Waals surface area contributed by atoms with Crippen molar-refractivity contribution in [3.05, 3.63) is 65.7 Å². The summed E-state index contributed by atoms with van der Waals surface area (Å²) in [6.07, 6.45) is 0. The van der Waals surface area contributed by atoms with Crippen molar-refractivity contribution in [2.75, 3.05) is 11.9 Å². The van der Waals surface area contributed by atoms with Crippen LogP contribution in [0.25, 0.3) is 0 Å². The molecule has 0 radical (unpaired) electrons. The number of para-hydroxylation sites is 1. The fraction of sp³-hybridized carbons (Fsp3) is 0.143. The number of halogens is 1. The van der Waals surface area contributed by atoms with Gasteiger partial charge in [-0.3, -0.25) is 0 Å². The molecular formula is C14H14ClN. The SMILES string of the molecule is Cl.c1ccc(C2CNc3ccccc32)cc1. The molecule has 1 nitrogen and oxygen atoms in total. The lowest BCUT2D eigenvalue weighted by molar-refractivity contribution is 0.907. The summed E-state index contributed by atoms with van der Waals surface area (Å²) in [7, 11) is 0. The lowest BCUT2D eigenvalue weighted by atomic mass is 9.93. The molecule has 2 aromatic rings. The van der Waals surface area contributed by atoms with Crippen LogP contribution in [0.1, 0.15) is 17.0 Å². The van der Waals surface area contributed by atoms with Crippen LogP contribution in [0.3, 0.4) is 0 Å². The van der Waals surface area contributed by atoms with Gasteiger partial charge in [-0.05, 0) is 17.2 Å². The number of hydrogen-bond donors (Lipinski definition) is 1. The molecule has 1 aliphatic heterocycles. The first kappa shape index (κ1) is 11.0. The van der Waals surface area contributed by atoms with E-state index >= 15 is 0 Å². The molecule has 0 spiro atoms. The Bertz CT molecular complexity index is 467. The van der Waals surface area contributed by atoms with Crippen molar-refractivity contribution >= 4 is 18.1 Å². The topological polar surface area (TPSA) is 12.0 Å². The first-order valence-electron chi connectivity index (χ1n) is 5.33. The van der Waals surface area contributed by atoms with Gasteiger partial charge in [0.05, 0.1) is 0 Å². The standard InChI is InChI=1S/C14H13N.ClH/c1-2-6-11(7-3-1)13-10-15-14-9-5-4-8-12(13)14;/h1-9,13,15H,10H2;1H. The van der Waals surface area contributed by atoms with Crippen molar-refractivity contribution in [1.29, 1.82) is 0 Å². The van der Waals surface area contributed by atoms with Gasteiger partial charge in [-0.25, -0.2) is 0 Å². The number of nitrogens with one attached hydrogen (secondary N) is 1. The summed E-state index contributed by atoms with van der Waals surface area (Å²) in [6, 6.07) is 19.2. The molecule has 2 heteroatoms.